The minimum atomic E-state index is -0.170. The van der Waals surface area contributed by atoms with Gasteiger partial charge in [-0.3, -0.25) is 4.79 Å². The van der Waals surface area contributed by atoms with Crippen molar-refractivity contribution >= 4 is 5.91 Å². The van der Waals surface area contributed by atoms with Gasteiger partial charge in [-0.05, 0) is 38.7 Å². The van der Waals surface area contributed by atoms with Gasteiger partial charge in [0, 0.05) is 24.4 Å². The van der Waals surface area contributed by atoms with Crippen LogP contribution in [-0.4, -0.2) is 31.8 Å². The molecule has 7 heteroatoms. The molecule has 1 amide bonds. The van der Waals surface area contributed by atoms with Gasteiger partial charge < -0.3 is 14.6 Å². The molecular formula is C17H23N5O2. The Balaban J connectivity index is 1.59. The number of hydrogen-bond donors (Lipinski definition) is 1. The quantitative estimate of drug-likeness (QED) is 0.879. The number of nitrogens with one attached hydrogen (secondary N) is 1. The van der Waals surface area contributed by atoms with Crippen LogP contribution < -0.4 is 10.1 Å². The van der Waals surface area contributed by atoms with E-state index >= 15 is 0 Å². The summed E-state index contributed by atoms with van der Waals surface area (Å²) in [6.45, 7) is 3.12. The number of aryl methyl sites for hydroxylation is 1. The van der Waals surface area contributed by atoms with Gasteiger partial charge in [0.15, 0.2) is 5.82 Å². The van der Waals surface area contributed by atoms with Crippen LogP contribution in [0, 0.1) is 0 Å². The molecular weight excluding hydrogens is 306 g/mol. The third-order valence-corrected chi connectivity index (χ3v) is 4.28. The van der Waals surface area contributed by atoms with E-state index in [0.29, 0.717) is 18.0 Å². The maximum Gasteiger partial charge on any atom is 0.251 e. The lowest BCUT2D eigenvalue weighted by atomic mass is 9.98. The summed E-state index contributed by atoms with van der Waals surface area (Å²) in [7, 11) is 0. The largest absolute Gasteiger partial charge is 0.474 e. The standard InChI is InChI=1S/C17H23N5O2/c1-2-22-12-20-21-15(22)11-19-17(23)13-8-9-18-16(10-13)24-14-6-4-3-5-7-14/h8-10,12,14H,2-7,11H2,1H3,(H,19,23). The zero-order valence-electron chi connectivity index (χ0n) is 13.9. The molecule has 2 aromatic heterocycles. The van der Waals surface area contributed by atoms with E-state index in [0.717, 1.165) is 25.2 Å². The van der Waals surface area contributed by atoms with Crippen molar-refractivity contribution in [1.82, 2.24) is 25.1 Å². The summed E-state index contributed by atoms with van der Waals surface area (Å²) >= 11 is 0. The Morgan fingerprint density at radius 2 is 2.21 bits per heavy atom. The number of nitrogens with zero attached hydrogens (tertiary/aromatic N) is 4. The molecule has 1 aliphatic rings. The smallest absolute Gasteiger partial charge is 0.251 e. The van der Waals surface area contributed by atoms with Crippen LogP contribution in [0.15, 0.2) is 24.7 Å². The average Bonchev–Trinajstić information content (AvgIpc) is 3.08. The molecule has 1 fully saturated rings. The van der Waals surface area contributed by atoms with Gasteiger partial charge in [0.1, 0.15) is 12.4 Å². The molecule has 2 aromatic rings. The maximum atomic E-state index is 12.3. The lowest BCUT2D eigenvalue weighted by molar-refractivity contribution is 0.0947. The normalized spacial score (nSPS) is 15.2. The van der Waals surface area contributed by atoms with Crippen molar-refractivity contribution in [3.05, 3.63) is 36.0 Å². The number of aromatic nitrogens is 4. The van der Waals surface area contributed by atoms with Crippen LogP contribution in [-0.2, 0) is 13.1 Å². The number of pyridine rings is 1. The van der Waals surface area contributed by atoms with E-state index in [2.05, 4.69) is 20.5 Å². The molecule has 0 radical (unpaired) electrons. The van der Waals surface area contributed by atoms with Crippen molar-refractivity contribution in [1.29, 1.82) is 0 Å². The monoisotopic (exact) mass is 329 g/mol. The van der Waals surface area contributed by atoms with Crippen molar-refractivity contribution in [2.75, 3.05) is 0 Å². The number of ether oxygens (including phenoxy) is 1. The van der Waals surface area contributed by atoms with Crippen LogP contribution in [0.4, 0.5) is 0 Å². The number of rotatable bonds is 6. The highest BCUT2D eigenvalue weighted by atomic mass is 16.5. The summed E-state index contributed by atoms with van der Waals surface area (Å²) in [4.78, 5) is 16.6. The first-order valence-electron chi connectivity index (χ1n) is 8.54. The third-order valence-electron chi connectivity index (χ3n) is 4.28. The maximum absolute atomic E-state index is 12.3. The van der Waals surface area contributed by atoms with Crippen LogP contribution in [0.2, 0.25) is 0 Å². The summed E-state index contributed by atoms with van der Waals surface area (Å²) in [5.74, 6) is 1.08. The SMILES string of the molecule is CCn1cnnc1CNC(=O)c1ccnc(OC2CCCCC2)c1. The van der Waals surface area contributed by atoms with Gasteiger partial charge in [-0.1, -0.05) is 6.42 Å². The lowest BCUT2D eigenvalue weighted by Crippen LogP contribution is -2.25. The van der Waals surface area contributed by atoms with E-state index in [1.807, 2.05) is 11.5 Å². The van der Waals surface area contributed by atoms with Gasteiger partial charge in [0.2, 0.25) is 5.88 Å². The number of hydrogen-bond acceptors (Lipinski definition) is 5. The number of carbonyl (C=O) groups excluding carboxylic acids is 1. The highest BCUT2D eigenvalue weighted by Gasteiger charge is 2.16. The molecule has 7 nitrogen and oxygen atoms in total. The van der Waals surface area contributed by atoms with Gasteiger partial charge in [-0.25, -0.2) is 4.98 Å². The highest BCUT2D eigenvalue weighted by Crippen LogP contribution is 2.22. The lowest BCUT2D eigenvalue weighted by Gasteiger charge is -2.22. The molecule has 0 aromatic carbocycles. The van der Waals surface area contributed by atoms with Crippen molar-refractivity contribution in [3.63, 3.8) is 0 Å². The molecule has 0 spiro atoms. The summed E-state index contributed by atoms with van der Waals surface area (Å²) in [6, 6.07) is 3.39. The van der Waals surface area contributed by atoms with Gasteiger partial charge in [0.05, 0.1) is 6.54 Å². The summed E-state index contributed by atoms with van der Waals surface area (Å²) in [5, 5.41) is 10.7. The minimum absolute atomic E-state index is 0.170. The Hall–Kier alpha value is -2.44. The molecule has 0 atom stereocenters. The van der Waals surface area contributed by atoms with E-state index in [4.69, 9.17) is 4.74 Å². The van der Waals surface area contributed by atoms with Gasteiger partial charge in [-0.15, -0.1) is 10.2 Å². The molecule has 24 heavy (non-hydrogen) atoms. The molecule has 2 heterocycles. The molecule has 1 saturated carbocycles. The molecule has 128 valence electrons. The van der Waals surface area contributed by atoms with Crippen LogP contribution in [0.1, 0.15) is 55.2 Å². The second-order valence-electron chi connectivity index (χ2n) is 5.98. The third kappa shape index (κ3) is 4.10. The number of carbonyl (C=O) groups is 1. The van der Waals surface area contributed by atoms with Crippen LogP contribution in [0.5, 0.6) is 5.88 Å². The molecule has 1 N–H and O–H groups in total. The van der Waals surface area contributed by atoms with Gasteiger partial charge in [-0.2, -0.15) is 0 Å². The first-order chi connectivity index (χ1) is 11.8. The van der Waals surface area contributed by atoms with Crippen LogP contribution in [0.3, 0.4) is 0 Å². The van der Waals surface area contributed by atoms with Crippen LogP contribution >= 0.6 is 0 Å². The van der Waals surface area contributed by atoms with Crippen molar-refractivity contribution in [3.8, 4) is 5.88 Å². The minimum Gasteiger partial charge on any atom is -0.474 e. The first kappa shape index (κ1) is 16.4. The molecule has 0 unspecified atom stereocenters. The van der Waals surface area contributed by atoms with E-state index < -0.39 is 0 Å². The average molecular weight is 329 g/mol. The summed E-state index contributed by atoms with van der Waals surface area (Å²) in [6.07, 6.45) is 9.28. The molecule has 0 bridgehead atoms. The molecule has 0 aliphatic heterocycles. The van der Waals surface area contributed by atoms with Crippen molar-refractivity contribution in [2.45, 2.75) is 58.2 Å². The van der Waals surface area contributed by atoms with Crippen molar-refractivity contribution < 1.29 is 9.53 Å². The number of amides is 1. The van der Waals surface area contributed by atoms with E-state index in [-0.39, 0.29) is 12.0 Å². The fraction of sp³-hybridized carbons (Fsp3) is 0.529. The van der Waals surface area contributed by atoms with E-state index in [1.54, 1.807) is 24.7 Å². The summed E-state index contributed by atoms with van der Waals surface area (Å²) < 4.78 is 7.81. The second kappa shape index (κ2) is 7.90. The molecule has 1 aliphatic carbocycles. The second-order valence-corrected chi connectivity index (χ2v) is 5.98. The summed E-state index contributed by atoms with van der Waals surface area (Å²) in [5.41, 5.74) is 0.540. The molecule has 3 rings (SSSR count). The Bertz CT molecular complexity index is 679. The Labute approximate surface area is 141 Å². The fourth-order valence-electron chi connectivity index (χ4n) is 2.91. The topological polar surface area (TPSA) is 81.9 Å². The zero-order chi connectivity index (χ0) is 16.8. The van der Waals surface area contributed by atoms with Crippen molar-refractivity contribution in [2.24, 2.45) is 0 Å². The predicted octanol–water partition coefficient (Wildman–Crippen LogP) is 2.33. The van der Waals surface area contributed by atoms with E-state index in [9.17, 15) is 4.79 Å². The highest BCUT2D eigenvalue weighted by molar-refractivity contribution is 5.94. The Kier molecular flexibility index (Phi) is 5.40. The Morgan fingerprint density at radius 3 is 3.00 bits per heavy atom. The van der Waals surface area contributed by atoms with Gasteiger partial charge in [0.25, 0.3) is 5.91 Å². The van der Waals surface area contributed by atoms with Gasteiger partial charge >= 0.3 is 0 Å². The predicted molar refractivity (Wildman–Crippen MR) is 88.6 cm³/mol. The first-order valence-corrected chi connectivity index (χ1v) is 8.54. The van der Waals surface area contributed by atoms with E-state index in [1.165, 1.54) is 19.3 Å². The fourth-order valence-corrected chi connectivity index (χ4v) is 2.91. The molecule has 0 saturated heterocycles. The zero-order valence-corrected chi connectivity index (χ0v) is 13.9. The Morgan fingerprint density at radius 1 is 1.38 bits per heavy atom. The van der Waals surface area contributed by atoms with Crippen LogP contribution in [0.25, 0.3) is 0 Å².